The van der Waals surface area contributed by atoms with Gasteiger partial charge in [0.05, 0.1) is 12.2 Å². The second kappa shape index (κ2) is 7.59. The molecular weight excluding hydrogens is 354 g/mol. The normalized spacial score (nSPS) is 19.6. The van der Waals surface area contributed by atoms with Crippen molar-refractivity contribution < 1.29 is 14.3 Å². The van der Waals surface area contributed by atoms with Gasteiger partial charge in [-0.05, 0) is 30.7 Å². The Labute approximate surface area is 166 Å². The Balaban J connectivity index is 1.45. The number of piperidine rings is 2. The molecule has 0 bridgehead atoms. The van der Waals surface area contributed by atoms with Gasteiger partial charge < -0.3 is 19.1 Å². The van der Waals surface area contributed by atoms with E-state index in [1.54, 1.807) is 7.11 Å². The molecule has 2 saturated heterocycles. The number of carbonyl (C=O) groups is 2. The molecule has 4 rings (SSSR count). The van der Waals surface area contributed by atoms with Gasteiger partial charge >= 0.3 is 0 Å². The maximum absolute atomic E-state index is 13.2. The lowest BCUT2D eigenvalue weighted by Gasteiger charge is -2.47. The van der Waals surface area contributed by atoms with E-state index in [0.717, 1.165) is 55.4 Å². The molecule has 3 heterocycles. The molecule has 6 nitrogen and oxygen atoms in total. The van der Waals surface area contributed by atoms with Crippen molar-refractivity contribution in [3.63, 3.8) is 0 Å². The number of likely N-dealkylation sites (tertiary alicyclic amines) is 2. The van der Waals surface area contributed by atoms with Crippen molar-refractivity contribution in [2.75, 3.05) is 39.9 Å². The molecule has 1 aromatic heterocycles. The van der Waals surface area contributed by atoms with Gasteiger partial charge in [0.2, 0.25) is 5.91 Å². The lowest BCUT2D eigenvalue weighted by Crippen LogP contribution is -2.52. The summed E-state index contributed by atoms with van der Waals surface area (Å²) in [4.78, 5) is 29.3. The number of rotatable bonds is 4. The van der Waals surface area contributed by atoms with Crippen LogP contribution in [0.2, 0.25) is 0 Å². The predicted octanol–water partition coefficient (Wildman–Crippen LogP) is 2.67. The third-order valence-corrected chi connectivity index (χ3v) is 6.55. The number of amides is 2. The van der Waals surface area contributed by atoms with Crippen LogP contribution in [0.4, 0.5) is 0 Å². The van der Waals surface area contributed by atoms with Crippen LogP contribution in [0.1, 0.15) is 36.0 Å². The monoisotopic (exact) mass is 383 g/mol. The largest absolute Gasteiger partial charge is 0.383 e. The number of aromatic nitrogens is 1. The molecule has 150 valence electrons. The van der Waals surface area contributed by atoms with E-state index in [1.807, 2.05) is 51.9 Å². The van der Waals surface area contributed by atoms with Crippen molar-refractivity contribution in [1.82, 2.24) is 14.4 Å². The van der Waals surface area contributed by atoms with Gasteiger partial charge in [0.1, 0.15) is 0 Å². The number of ether oxygens (including phenoxy) is 1. The fraction of sp³-hybridized carbons (Fsp3) is 0.545. The zero-order chi connectivity index (χ0) is 19.7. The number of hydrogen-bond donors (Lipinski definition) is 0. The van der Waals surface area contributed by atoms with Crippen molar-refractivity contribution in [2.45, 2.75) is 25.7 Å². The predicted molar refractivity (Wildman–Crippen MR) is 108 cm³/mol. The van der Waals surface area contributed by atoms with E-state index in [-0.39, 0.29) is 17.2 Å². The Morgan fingerprint density at radius 3 is 2.68 bits per heavy atom. The number of benzene rings is 1. The fourth-order valence-corrected chi connectivity index (χ4v) is 4.78. The quantitative estimate of drug-likeness (QED) is 0.816. The third-order valence-electron chi connectivity index (χ3n) is 6.55. The number of hydrogen-bond acceptors (Lipinski definition) is 3. The first kappa shape index (κ1) is 19.0. The van der Waals surface area contributed by atoms with Gasteiger partial charge in [0, 0.05) is 63.9 Å². The summed E-state index contributed by atoms with van der Waals surface area (Å²) >= 11 is 0. The summed E-state index contributed by atoms with van der Waals surface area (Å²) in [5.74, 6) is 0.353. The van der Waals surface area contributed by atoms with Gasteiger partial charge in [0.15, 0.2) is 0 Å². The first-order valence-electron chi connectivity index (χ1n) is 10.1. The molecular formula is C22H29N3O3. The molecule has 1 spiro atoms. The van der Waals surface area contributed by atoms with Crippen LogP contribution in [-0.2, 0) is 16.6 Å². The molecule has 28 heavy (non-hydrogen) atoms. The molecule has 2 aliphatic rings. The third kappa shape index (κ3) is 3.41. The molecule has 0 unspecified atom stereocenters. The van der Waals surface area contributed by atoms with E-state index in [9.17, 15) is 9.59 Å². The molecule has 1 aromatic carbocycles. The van der Waals surface area contributed by atoms with E-state index in [2.05, 4.69) is 0 Å². The van der Waals surface area contributed by atoms with Crippen LogP contribution >= 0.6 is 0 Å². The average molecular weight is 383 g/mol. The molecule has 0 atom stereocenters. The number of carbonyl (C=O) groups excluding carboxylic acids is 2. The van der Waals surface area contributed by atoms with E-state index in [0.29, 0.717) is 19.6 Å². The molecule has 6 heteroatoms. The smallest absolute Gasteiger partial charge is 0.256 e. The Bertz CT molecular complexity index is 880. The van der Waals surface area contributed by atoms with Gasteiger partial charge in [0.25, 0.3) is 5.91 Å². The number of fused-ring (bicyclic) bond motifs is 1. The van der Waals surface area contributed by atoms with Gasteiger partial charge in [-0.1, -0.05) is 18.2 Å². The summed E-state index contributed by atoms with van der Waals surface area (Å²) in [6.45, 7) is 3.55. The molecule has 2 amide bonds. The lowest BCUT2D eigenvalue weighted by atomic mass is 9.72. The van der Waals surface area contributed by atoms with Gasteiger partial charge in [-0.15, -0.1) is 0 Å². The van der Waals surface area contributed by atoms with Crippen molar-refractivity contribution in [3.05, 3.63) is 36.0 Å². The second-order valence-corrected chi connectivity index (χ2v) is 8.27. The van der Waals surface area contributed by atoms with Crippen LogP contribution < -0.4 is 0 Å². The van der Waals surface area contributed by atoms with Crippen molar-refractivity contribution in [3.8, 4) is 0 Å². The SMILES string of the molecule is COCCN1CC2(CCC1=O)CCN(C(=O)c1cn(C)c3ccccc13)CC2. The average Bonchev–Trinajstić information content (AvgIpc) is 3.06. The topological polar surface area (TPSA) is 54.8 Å². The number of para-hydroxylation sites is 1. The zero-order valence-electron chi connectivity index (χ0n) is 16.8. The van der Waals surface area contributed by atoms with Gasteiger partial charge in [-0.25, -0.2) is 0 Å². The molecule has 0 saturated carbocycles. The van der Waals surface area contributed by atoms with Crippen LogP contribution in [-0.4, -0.2) is 66.1 Å². The minimum absolute atomic E-state index is 0.120. The molecule has 2 aromatic rings. The van der Waals surface area contributed by atoms with Crippen LogP contribution in [0.3, 0.4) is 0 Å². The summed E-state index contributed by atoms with van der Waals surface area (Å²) in [5, 5.41) is 1.02. The number of nitrogens with zero attached hydrogens (tertiary/aromatic N) is 3. The van der Waals surface area contributed by atoms with E-state index < -0.39 is 0 Å². The van der Waals surface area contributed by atoms with Crippen LogP contribution in [0.25, 0.3) is 10.9 Å². The molecule has 2 fully saturated rings. The molecule has 0 N–H and O–H groups in total. The van der Waals surface area contributed by atoms with Gasteiger partial charge in [-0.2, -0.15) is 0 Å². The Hall–Kier alpha value is -2.34. The number of aryl methyl sites for hydroxylation is 1. The minimum Gasteiger partial charge on any atom is -0.383 e. The first-order chi connectivity index (χ1) is 13.5. The first-order valence-corrected chi connectivity index (χ1v) is 10.1. The highest BCUT2D eigenvalue weighted by atomic mass is 16.5. The summed E-state index contributed by atoms with van der Waals surface area (Å²) in [5.41, 5.74) is 2.02. The second-order valence-electron chi connectivity index (χ2n) is 8.27. The highest BCUT2D eigenvalue weighted by molar-refractivity contribution is 6.07. The molecule has 0 radical (unpaired) electrons. The maximum atomic E-state index is 13.2. The van der Waals surface area contributed by atoms with Crippen LogP contribution in [0.15, 0.2) is 30.5 Å². The Morgan fingerprint density at radius 1 is 1.18 bits per heavy atom. The van der Waals surface area contributed by atoms with Crippen molar-refractivity contribution >= 4 is 22.7 Å². The number of methoxy groups -OCH3 is 1. The van der Waals surface area contributed by atoms with E-state index >= 15 is 0 Å². The fourth-order valence-electron chi connectivity index (χ4n) is 4.78. The molecule has 0 aliphatic carbocycles. The Kier molecular flexibility index (Phi) is 5.15. The summed E-state index contributed by atoms with van der Waals surface area (Å²) < 4.78 is 7.18. The molecule has 2 aliphatic heterocycles. The summed E-state index contributed by atoms with van der Waals surface area (Å²) in [6.07, 6.45) is 5.41. The maximum Gasteiger partial charge on any atom is 0.256 e. The highest BCUT2D eigenvalue weighted by Gasteiger charge is 2.41. The lowest BCUT2D eigenvalue weighted by molar-refractivity contribution is -0.139. The minimum atomic E-state index is 0.120. The van der Waals surface area contributed by atoms with Crippen molar-refractivity contribution in [1.29, 1.82) is 0 Å². The highest BCUT2D eigenvalue weighted by Crippen LogP contribution is 2.40. The van der Waals surface area contributed by atoms with Crippen LogP contribution in [0.5, 0.6) is 0 Å². The van der Waals surface area contributed by atoms with E-state index in [4.69, 9.17) is 4.74 Å². The van der Waals surface area contributed by atoms with Gasteiger partial charge in [-0.3, -0.25) is 9.59 Å². The van der Waals surface area contributed by atoms with Crippen LogP contribution in [0, 0.1) is 5.41 Å². The standard InChI is InChI=1S/C22H29N3O3/c1-23-15-18(17-5-3-4-6-19(17)23)21(27)24-11-9-22(10-12-24)8-7-20(26)25(16-22)13-14-28-2/h3-6,15H,7-14,16H2,1-2H3. The summed E-state index contributed by atoms with van der Waals surface area (Å²) in [7, 11) is 3.65. The van der Waals surface area contributed by atoms with E-state index in [1.165, 1.54) is 0 Å². The summed E-state index contributed by atoms with van der Waals surface area (Å²) in [6, 6.07) is 8.05. The Morgan fingerprint density at radius 2 is 1.93 bits per heavy atom. The van der Waals surface area contributed by atoms with Crippen molar-refractivity contribution in [2.24, 2.45) is 12.5 Å². The zero-order valence-corrected chi connectivity index (χ0v) is 16.8.